The molecule has 0 unspecified atom stereocenters. The summed E-state index contributed by atoms with van der Waals surface area (Å²) >= 11 is 0. The first-order valence-electron chi connectivity index (χ1n) is 5.41. The SMILES string of the molecule is Cc1cc(NNc2ccccc2)cc(=O)n1C. The molecule has 0 fully saturated rings. The van der Waals surface area contributed by atoms with Crippen molar-refractivity contribution in [2.45, 2.75) is 6.92 Å². The van der Waals surface area contributed by atoms with Crippen LogP contribution in [0.4, 0.5) is 11.4 Å². The Bertz CT molecular complexity index is 561. The van der Waals surface area contributed by atoms with Gasteiger partial charge in [0.25, 0.3) is 5.56 Å². The van der Waals surface area contributed by atoms with Crippen LogP contribution in [0.5, 0.6) is 0 Å². The van der Waals surface area contributed by atoms with Gasteiger partial charge in [0.1, 0.15) is 0 Å². The number of anilines is 2. The van der Waals surface area contributed by atoms with Crippen LogP contribution >= 0.6 is 0 Å². The van der Waals surface area contributed by atoms with E-state index in [-0.39, 0.29) is 5.56 Å². The monoisotopic (exact) mass is 229 g/mol. The maximum atomic E-state index is 11.6. The van der Waals surface area contributed by atoms with E-state index in [1.165, 1.54) is 0 Å². The topological polar surface area (TPSA) is 46.1 Å². The van der Waals surface area contributed by atoms with E-state index in [1.807, 2.05) is 43.3 Å². The standard InChI is InChI=1S/C13H15N3O/c1-10-8-12(9-13(17)16(10)2)15-14-11-6-4-3-5-7-11/h3-9,14-15H,1-2H3. The van der Waals surface area contributed by atoms with E-state index < -0.39 is 0 Å². The lowest BCUT2D eigenvalue weighted by molar-refractivity contribution is 0.819. The summed E-state index contributed by atoms with van der Waals surface area (Å²) in [4.78, 5) is 11.6. The van der Waals surface area contributed by atoms with E-state index in [2.05, 4.69) is 10.9 Å². The number of para-hydroxylation sites is 1. The van der Waals surface area contributed by atoms with Gasteiger partial charge in [-0.1, -0.05) is 18.2 Å². The van der Waals surface area contributed by atoms with E-state index in [1.54, 1.807) is 17.7 Å². The number of nitrogens with one attached hydrogen (secondary N) is 2. The van der Waals surface area contributed by atoms with Crippen molar-refractivity contribution < 1.29 is 0 Å². The molecule has 88 valence electrons. The van der Waals surface area contributed by atoms with Crippen LogP contribution in [0.25, 0.3) is 0 Å². The molecule has 0 atom stereocenters. The van der Waals surface area contributed by atoms with E-state index in [4.69, 9.17) is 0 Å². The van der Waals surface area contributed by atoms with Crippen molar-refractivity contribution in [1.29, 1.82) is 0 Å². The molecule has 0 bridgehead atoms. The Morgan fingerprint density at radius 2 is 1.65 bits per heavy atom. The number of benzene rings is 1. The van der Waals surface area contributed by atoms with Crippen molar-refractivity contribution in [3.05, 3.63) is 58.5 Å². The van der Waals surface area contributed by atoms with Gasteiger partial charge in [-0.05, 0) is 25.1 Å². The van der Waals surface area contributed by atoms with Gasteiger partial charge in [0.2, 0.25) is 0 Å². The second-order valence-corrected chi connectivity index (χ2v) is 3.90. The summed E-state index contributed by atoms with van der Waals surface area (Å²) in [6.07, 6.45) is 0. The van der Waals surface area contributed by atoms with Crippen LogP contribution in [0.3, 0.4) is 0 Å². The Labute approximate surface area is 99.9 Å². The Kier molecular flexibility index (Phi) is 3.14. The van der Waals surface area contributed by atoms with Gasteiger partial charge in [0.15, 0.2) is 0 Å². The molecule has 4 nitrogen and oxygen atoms in total. The highest BCUT2D eigenvalue weighted by Crippen LogP contribution is 2.09. The fraction of sp³-hybridized carbons (Fsp3) is 0.154. The predicted octanol–water partition coefficient (Wildman–Crippen LogP) is 2.13. The molecule has 2 rings (SSSR count). The van der Waals surface area contributed by atoms with Crippen molar-refractivity contribution in [2.75, 3.05) is 10.9 Å². The molecule has 0 aliphatic rings. The average molecular weight is 229 g/mol. The minimum atomic E-state index is -0.0256. The molecule has 2 aromatic rings. The Hall–Kier alpha value is -2.23. The largest absolute Gasteiger partial charge is 0.316 e. The summed E-state index contributed by atoms with van der Waals surface area (Å²) < 4.78 is 1.60. The fourth-order valence-corrected chi connectivity index (χ4v) is 1.51. The van der Waals surface area contributed by atoms with Crippen LogP contribution in [-0.4, -0.2) is 4.57 Å². The molecule has 17 heavy (non-hydrogen) atoms. The quantitative estimate of drug-likeness (QED) is 0.793. The van der Waals surface area contributed by atoms with Crippen molar-refractivity contribution in [3.63, 3.8) is 0 Å². The maximum absolute atomic E-state index is 11.6. The first kappa shape index (κ1) is 11.3. The van der Waals surface area contributed by atoms with Gasteiger partial charge in [-0.3, -0.25) is 4.79 Å². The number of hydrazine groups is 1. The summed E-state index contributed by atoms with van der Waals surface area (Å²) in [7, 11) is 1.76. The number of hydrogen-bond donors (Lipinski definition) is 2. The minimum absolute atomic E-state index is 0.0256. The summed E-state index contributed by atoms with van der Waals surface area (Å²) in [5.41, 5.74) is 8.64. The fourth-order valence-electron chi connectivity index (χ4n) is 1.51. The third kappa shape index (κ3) is 2.66. The highest BCUT2D eigenvalue weighted by Gasteiger charge is 1.99. The van der Waals surface area contributed by atoms with Crippen LogP contribution in [0, 0.1) is 6.92 Å². The second kappa shape index (κ2) is 4.74. The van der Waals surface area contributed by atoms with Crippen LogP contribution in [0.2, 0.25) is 0 Å². The van der Waals surface area contributed by atoms with Gasteiger partial charge in [-0.15, -0.1) is 0 Å². The van der Waals surface area contributed by atoms with Gasteiger partial charge in [-0.25, -0.2) is 0 Å². The first-order valence-corrected chi connectivity index (χ1v) is 5.41. The summed E-state index contributed by atoms with van der Waals surface area (Å²) in [6, 6.07) is 13.2. The molecule has 1 aromatic carbocycles. The second-order valence-electron chi connectivity index (χ2n) is 3.90. The molecule has 0 saturated heterocycles. The third-order valence-electron chi connectivity index (χ3n) is 2.63. The molecular formula is C13H15N3O. The smallest absolute Gasteiger partial charge is 0.252 e. The Morgan fingerprint density at radius 1 is 1.00 bits per heavy atom. The Morgan fingerprint density at radius 3 is 2.29 bits per heavy atom. The highest BCUT2D eigenvalue weighted by molar-refractivity contribution is 5.52. The lowest BCUT2D eigenvalue weighted by atomic mass is 10.3. The van der Waals surface area contributed by atoms with Gasteiger partial charge in [-0.2, -0.15) is 0 Å². The normalized spacial score (nSPS) is 10.0. The van der Waals surface area contributed by atoms with Crippen LogP contribution in [0.15, 0.2) is 47.3 Å². The van der Waals surface area contributed by atoms with Crippen molar-refractivity contribution in [2.24, 2.45) is 7.05 Å². The molecule has 0 saturated carbocycles. The third-order valence-corrected chi connectivity index (χ3v) is 2.63. The molecular weight excluding hydrogens is 214 g/mol. The van der Waals surface area contributed by atoms with Crippen LogP contribution < -0.4 is 16.4 Å². The van der Waals surface area contributed by atoms with E-state index >= 15 is 0 Å². The van der Waals surface area contributed by atoms with Crippen molar-refractivity contribution >= 4 is 11.4 Å². The lowest BCUT2D eigenvalue weighted by Crippen LogP contribution is -2.20. The van der Waals surface area contributed by atoms with E-state index in [0.29, 0.717) is 0 Å². The number of aromatic nitrogens is 1. The molecule has 0 aliphatic carbocycles. The molecule has 2 N–H and O–H groups in total. The van der Waals surface area contributed by atoms with E-state index in [0.717, 1.165) is 17.1 Å². The van der Waals surface area contributed by atoms with Gasteiger partial charge in [0, 0.05) is 18.8 Å². The number of hydrogen-bond acceptors (Lipinski definition) is 3. The van der Waals surface area contributed by atoms with Crippen LogP contribution in [-0.2, 0) is 7.05 Å². The summed E-state index contributed by atoms with van der Waals surface area (Å²) in [6.45, 7) is 1.90. The molecule has 0 radical (unpaired) electrons. The number of pyridine rings is 1. The predicted molar refractivity (Wildman–Crippen MR) is 70.1 cm³/mol. The molecule has 0 aliphatic heterocycles. The minimum Gasteiger partial charge on any atom is -0.316 e. The van der Waals surface area contributed by atoms with Gasteiger partial charge < -0.3 is 15.4 Å². The number of rotatable bonds is 3. The van der Waals surface area contributed by atoms with Gasteiger partial charge >= 0.3 is 0 Å². The van der Waals surface area contributed by atoms with E-state index in [9.17, 15) is 4.79 Å². The highest BCUT2D eigenvalue weighted by atomic mass is 16.1. The number of aryl methyl sites for hydroxylation is 1. The summed E-state index contributed by atoms with van der Waals surface area (Å²) in [5.74, 6) is 0. The maximum Gasteiger partial charge on any atom is 0.252 e. The zero-order valence-corrected chi connectivity index (χ0v) is 9.90. The first-order chi connectivity index (χ1) is 8.16. The Balaban J connectivity index is 2.13. The average Bonchev–Trinajstić information content (AvgIpc) is 2.34. The zero-order chi connectivity index (χ0) is 12.3. The molecule has 0 spiro atoms. The molecule has 0 amide bonds. The zero-order valence-electron chi connectivity index (χ0n) is 9.90. The molecule has 4 heteroatoms. The van der Waals surface area contributed by atoms with Crippen LogP contribution in [0.1, 0.15) is 5.69 Å². The van der Waals surface area contributed by atoms with Crippen molar-refractivity contribution in [3.8, 4) is 0 Å². The molecule has 1 aromatic heterocycles. The lowest BCUT2D eigenvalue weighted by Gasteiger charge is -2.11. The molecule has 1 heterocycles. The summed E-state index contributed by atoms with van der Waals surface area (Å²) in [5, 5.41) is 0. The van der Waals surface area contributed by atoms with Crippen molar-refractivity contribution in [1.82, 2.24) is 4.57 Å². The number of nitrogens with zero attached hydrogens (tertiary/aromatic N) is 1. The van der Waals surface area contributed by atoms with Gasteiger partial charge in [0.05, 0.1) is 11.4 Å².